The third-order valence-corrected chi connectivity index (χ3v) is 8.61. The molecule has 1 fully saturated rings. The number of anilines is 1. The maximum absolute atomic E-state index is 15.9. The summed E-state index contributed by atoms with van der Waals surface area (Å²) in [6.07, 6.45) is 2.74. The number of nitriles is 1. The summed E-state index contributed by atoms with van der Waals surface area (Å²) in [6, 6.07) is 9.64. The van der Waals surface area contributed by atoms with E-state index in [-0.39, 0.29) is 23.4 Å². The van der Waals surface area contributed by atoms with Crippen LogP contribution in [0.25, 0.3) is 5.57 Å². The monoisotopic (exact) mass is 551 g/mol. The highest BCUT2D eigenvalue weighted by Gasteiger charge is 2.48. The molecular formula is C29H34FN5O3S. The van der Waals surface area contributed by atoms with E-state index in [1.165, 1.54) is 0 Å². The number of halogens is 1. The van der Waals surface area contributed by atoms with E-state index in [4.69, 9.17) is 14.7 Å². The summed E-state index contributed by atoms with van der Waals surface area (Å²) in [5.74, 6) is 0.549. The first-order chi connectivity index (χ1) is 18.4. The van der Waals surface area contributed by atoms with Gasteiger partial charge in [0.05, 0.1) is 40.4 Å². The first kappa shape index (κ1) is 27.3. The number of amides is 1. The van der Waals surface area contributed by atoms with E-state index < -0.39 is 27.9 Å². The number of fused-ring (bicyclic) bond motifs is 3. The molecule has 39 heavy (non-hydrogen) atoms. The highest BCUT2D eigenvalue weighted by molar-refractivity contribution is 7.84. The molecule has 1 saturated heterocycles. The van der Waals surface area contributed by atoms with E-state index in [0.717, 1.165) is 16.7 Å². The Kier molecular flexibility index (Phi) is 7.00. The summed E-state index contributed by atoms with van der Waals surface area (Å²) in [6.45, 7) is 8.49. The van der Waals surface area contributed by atoms with Crippen molar-refractivity contribution in [2.24, 2.45) is 0 Å². The molecule has 0 radical (unpaired) electrons. The van der Waals surface area contributed by atoms with Crippen LogP contribution in [0.3, 0.4) is 0 Å². The molecule has 2 aliphatic carbocycles. The number of piperazine rings is 1. The van der Waals surface area contributed by atoms with E-state index >= 15 is 4.39 Å². The lowest BCUT2D eigenvalue weighted by molar-refractivity contribution is 0.0144. The Morgan fingerprint density at radius 3 is 2.72 bits per heavy atom. The molecule has 3 aliphatic rings. The van der Waals surface area contributed by atoms with Crippen molar-refractivity contribution in [2.75, 3.05) is 30.8 Å². The molecule has 3 atom stereocenters. The van der Waals surface area contributed by atoms with Gasteiger partial charge in [-0.25, -0.2) is 19.2 Å². The normalized spacial score (nSPS) is 23.4. The van der Waals surface area contributed by atoms with Gasteiger partial charge < -0.3 is 14.5 Å². The molecule has 1 aromatic carbocycles. The molecule has 0 N–H and O–H groups in total. The fraction of sp³-hybridized carbons (Fsp3) is 0.517. The van der Waals surface area contributed by atoms with Crippen molar-refractivity contribution in [3.63, 3.8) is 0 Å². The molecule has 10 heteroatoms. The van der Waals surface area contributed by atoms with Crippen LogP contribution < -0.4 is 4.90 Å². The topological polar surface area (TPSA) is 99.4 Å². The smallest absolute Gasteiger partial charge is 0.410 e. The van der Waals surface area contributed by atoms with Crippen LogP contribution in [0, 0.1) is 11.3 Å². The van der Waals surface area contributed by atoms with Crippen molar-refractivity contribution >= 4 is 28.3 Å². The number of carbonyl (C=O) groups is 1. The van der Waals surface area contributed by atoms with E-state index in [0.29, 0.717) is 56.0 Å². The minimum Gasteiger partial charge on any atom is -0.444 e. The summed E-state index contributed by atoms with van der Waals surface area (Å²) in [5, 5.41) is 9.72. The molecule has 8 nitrogen and oxygen atoms in total. The van der Waals surface area contributed by atoms with Crippen LogP contribution in [0.15, 0.2) is 35.2 Å². The zero-order valence-electron chi connectivity index (χ0n) is 23.1. The van der Waals surface area contributed by atoms with Crippen LogP contribution in [-0.2, 0) is 33.8 Å². The second-order valence-corrected chi connectivity index (χ2v) is 12.9. The number of ether oxygens (including phenoxy) is 1. The largest absolute Gasteiger partial charge is 0.444 e. The van der Waals surface area contributed by atoms with Crippen molar-refractivity contribution in [1.82, 2.24) is 14.9 Å². The number of hydrogen-bond donors (Lipinski definition) is 0. The quantitative estimate of drug-likeness (QED) is 0.510. The molecule has 0 saturated carbocycles. The SMILES string of the molecule is CC1=C(F)[C@@]2(CCc3c(nc(S(C)=O)nc3N3CCN(C(=O)OC(C)(C)C)[C@@H](CC#N)C3)C2)c2ccccc21. The van der Waals surface area contributed by atoms with Crippen molar-refractivity contribution in [2.45, 2.75) is 75.6 Å². The Morgan fingerprint density at radius 2 is 2.03 bits per heavy atom. The minimum atomic E-state index is -1.45. The molecule has 2 aromatic rings. The molecule has 2 heterocycles. The summed E-state index contributed by atoms with van der Waals surface area (Å²) in [5.41, 5.74) is 2.78. The number of allylic oxidation sites excluding steroid dienone is 2. The lowest BCUT2D eigenvalue weighted by Gasteiger charge is -2.43. The maximum Gasteiger partial charge on any atom is 0.410 e. The Morgan fingerprint density at radius 1 is 1.28 bits per heavy atom. The fourth-order valence-corrected chi connectivity index (χ4v) is 6.58. The highest BCUT2D eigenvalue weighted by atomic mass is 32.2. The van der Waals surface area contributed by atoms with Gasteiger partial charge in [0.15, 0.2) is 0 Å². The van der Waals surface area contributed by atoms with E-state index in [2.05, 4.69) is 11.0 Å². The van der Waals surface area contributed by atoms with Crippen LogP contribution >= 0.6 is 0 Å². The Hall–Kier alpha value is -3.32. The van der Waals surface area contributed by atoms with Crippen molar-refractivity contribution in [1.29, 1.82) is 5.26 Å². The van der Waals surface area contributed by atoms with E-state index in [1.807, 2.05) is 52.0 Å². The van der Waals surface area contributed by atoms with Gasteiger partial charge in [0, 0.05) is 37.9 Å². The van der Waals surface area contributed by atoms with Gasteiger partial charge >= 0.3 is 6.09 Å². The third kappa shape index (κ3) is 4.82. The number of hydrogen-bond acceptors (Lipinski definition) is 7. The van der Waals surface area contributed by atoms with Gasteiger partial charge in [0.2, 0.25) is 5.16 Å². The van der Waals surface area contributed by atoms with Crippen LogP contribution in [0.5, 0.6) is 0 Å². The average molecular weight is 552 g/mol. The summed E-state index contributed by atoms with van der Waals surface area (Å²) >= 11 is 0. The second-order valence-electron chi connectivity index (χ2n) is 11.6. The lowest BCUT2D eigenvalue weighted by atomic mass is 9.69. The molecule has 1 amide bonds. The van der Waals surface area contributed by atoms with Crippen LogP contribution in [0.4, 0.5) is 15.0 Å². The minimum absolute atomic E-state index is 0.117. The first-order valence-corrected chi connectivity index (χ1v) is 14.8. The molecule has 1 spiro atoms. The van der Waals surface area contributed by atoms with Gasteiger partial charge in [-0.3, -0.25) is 4.21 Å². The molecule has 0 bridgehead atoms. The van der Waals surface area contributed by atoms with Gasteiger partial charge in [0.1, 0.15) is 17.2 Å². The molecule has 1 aliphatic heterocycles. The van der Waals surface area contributed by atoms with Gasteiger partial charge in [-0.15, -0.1) is 0 Å². The second kappa shape index (κ2) is 10.0. The summed E-state index contributed by atoms with van der Waals surface area (Å²) in [7, 11) is -1.45. The molecular weight excluding hydrogens is 517 g/mol. The van der Waals surface area contributed by atoms with Crippen molar-refractivity contribution in [3.05, 3.63) is 52.5 Å². The lowest BCUT2D eigenvalue weighted by Crippen LogP contribution is -2.56. The van der Waals surface area contributed by atoms with Gasteiger partial charge in [-0.2, -0.15) is 5.26 Å². The van der Waals surface area contributed by atoms with Crippen molar-refractivity contribution in [3.8, 4) is 6.07 Å². The molecule has 206 valence electrons. The Balaban J connectivity index is 1.51. The van der Waals surface area contributed by atoms with Crippen LogP contribution in [0.2, 0.25) is 0 Å². The predicted molar refractivity (Wildman–Crippen MR) is 147 cm³/mol. The number of rotatable bonds is 3. The predicted octanol–water partition coefficient (Wildman–Crippen LogP) is 4.69. The fourth-order valence-electron chi connectivity index (χ4n) is 6.13. The molecule has 5 rings (SSSR count). The highest BCUT2D eigenvalue weighted by Crippen LogP contribution is 2.53. The number of aromatic nitrogens is 2. The summed E-state index contributed by atoms with van der Waals surface area (Å²) in [4.78, 5) is 26.0. The summed E-state index contributed by atoms with van der Waals surface area (Å²) < 4.78 is 34.1. The average Bonchev–Trinajstić information content (AvgIpc) is 3.09. The third-order valence-electron chi connectivity index (χ3n) is 7.91. The zero-order chi connectivity index (χ0) is 28.1. The number of carbonyl (C=O) groups excluding carboxylic acids is 1. The van der Waals surface area contributed by atoms with E-state index in [1.54, 1.807) is 11.2 Å². The van der Waals surface area contributed by atoms with Crippen LogP contribution in [-0.4, -0.2) is 62.7 Å². The van der Waals surface area contributed by atoms with Gasteiger partial charge in [-0.1, -0.05) is 24.3 Å². The standard InChI is InChI=1S/C29H34FN5O3S/c1-18-20-8-6-7-9-22(20)29(24(18)30)12-10-21-23(16-29)32-26(39(5)37)33-25(21)34-14-15-35(19(17-34)11-13-31)27(36)38-28(2,3)4/h6-9,19H,10-12,14-17H2,1-5H3/t19-,29+,39?/m0/s1. The zero-order valence-corrected chi connectivity index (χ0v) is 23.9. The number of benzene rings is 1. The van der Waals surface area contributed by atoms with Crippen molar-refractivity contribution < 1.29 is 18.1 Å². The molecule has 1 aromatic heterocycles. The molecule has 1 unspecified atom stereocenters. The van der Waals surface area contributed by atoms with E-state index in [9.17, 15) is 14.3 Å². The van der Waals surface area contributed by atoms with Crippen LogP contribution in [0.1, 0.15) is 62.9 Å². The first-order valence-electron chi connectivity index (χ1n) is 13.3. The Bertz CT molecular complexity index is 1430. The Labute approximate surface area is 231 Å². The number of nitrogens with zero attached hydrogens (tertiary/aromatic N) is 5. The van der Waals surface area contributed by atoms with Gasteiger partial charge in [0.25, 0.3) is 0 Å². The maximum atomic E-state index is 15.9. The van der Waals surface area contributed by atoms with Gasteiger partial charge in [-0.05, 0) is 57.2 Å².